The molecule has 8 heteroatoms. The maximum absolute atomic E-state index is 12.9. The second kappa shape index (κ2) is 6.17. The zero-order valence-electron chi connectivity index (χ0n) is 13.8. The molecule has 2 aliphatic heterocycles. The summed E-state index contributed by atoms with van der Waals surface area (Å²) in [6, 6.07) is 8.59. The molecule has 0 N–H and O–H groups in total. The summed E-state index contributed by atoms with van der Waals surface area (Å²) < 4.78 is 29.7. The van der Waals surface area contributed by atoms with Crippen molar-refractivity contribution in [2.45, 2.75) is 54.8 Å². The smallest absolute Gasteiger partial charge is 0.268 e. The van der Waals surface area contributed by atoms with Crippen LogP contribution in [0.3, 0.4) is 0 Å². The first-order valence-electron chi connectivity index (χ1n) is 8.39. The monoisotopic (exact) mass is 377 g/mol. The van der Waals surface area contributed by atoms with E-state index >= 15 is 0 Å². The van der Waals surface area contributed by atoms with Gasteiger partial charge in [0.05, 0.1) is 15.8 Å². The molecule has 0 radical (unpaired) electrons. The fourth-order valence-corrected chi connectivity index (χ4v) is 6.53. The fourth-order valence-electron chi connectivity index (χ4n) is 4.06. The second-order valence-electron chi connectivity index (χ2n) is 6.74. The standard InChI is InChI=1S/C17H19N3O3S2/c1-11-16(24-19-18-11)17(21)20-12-7-8-13(20)10-15(9-12)25(22,23)14-5-3-2-4-6-14/h2-6,12-13,15H,7-10H2,1H3. The molecule has 2 unspecified atom stereocenters. The number of aryl methyl sites for hydroxylation is 1. The van der Waals surface area contributed by atoms with Crippen LogP contribution in [0.2, 0.25) is 0 Å². The van der Waals surface area contributed by atoms with Crippen LogP contribution in [-0.4, -0.2) is 46.1 Å². The van der Waals surface area contributed by atoms with Crippen LogP contribution in [0.15, 0.2) is 35.2 Å². The minimum absolute atomic E-state index is 0.0174. The lowest BCUT2D eigenvalue weighted by atomic mass is 10.0. The van der Waals surface area contributed by atoms with Crippen molar-refractivity contribution in [3.8, 4) is 0 Å². The van der Waals surface area contributed by atoms with E-state index in [1.54, 1.807) is 31.2 Å². The number of hydrogen-bond donors (Lipinski definition) is 0. The van der Waals surface area contributed by atoms with Gasteiger partial charge in [-0.3, -0.25) is 4.79 Å². The Morgan fingerprint density at radius 1 is 1.16 bits per heavy atom. The summed E-state index contributed by atoms with van der Waals surface area (Å²) in [5, 5.41) is 3.50. The van der Waals surface area contributed by atoms with Gasteiger partial charge in [0.2, 0.25) is 0 Å². The van der Waals surface area contributed by atoms with Gasteiger partial charge in [0.25, 0.3) is 5.91 Å². The van der Waals surface area contributed by atoms with Crippen molar-refractivity contribution in [2.24, 2.45) is 0 Å². The minimum atomic E-state index is -3.36. The number of rotatable bonds is 3. The third-order valence-corrected chi connectivity index (χ3v) is 8.29. The normalized spacial score (nSPS) is 26.0. The van der Waals surface area contributed by atoms with Gasteiger partial charge in [-0.1, -0.05) is 22.7 Å². The van der Waals surface area contributed by atoms with Gasteiger partial charge in [-0.2, -0.15) is 0 Å². The van der Waals surface area contributed by atoms with Crippen LogP contribution in [0.4, 0.5) is 0 Å². The lowest BCUT2D eigenvalue weighted by molar-refractivity contribution is 0.0602. The van der Waals surface area contributed by atoms with E-state index in [2.05, 4.69) is 9.59 Å². The fraction of sp³-hybridized carbons (Fsp3) is 0.471. The van der Waals surface area contributed by atoms with Crippen molar-refractivity contribution in [1.82, 2.24) is 14.5 Å². The van der Waals surface area contributed by atoms with Crippen molar-refractivity contribution in [3.05, 3.63) is 40.9 Å². The van der Waals surface area contributed by atoms with Gasteiger partial charge in [-0.15, -0.1) is 5.10 Å². The largest absolute Gasteiger partial charge is 0.332 e. The van der Waals surface area contributed by atoms with E-state index in [0.717, 1.165) is 24.4 Å². The van der Waals surface area contributed by atoms with Crippen LogP contribution in [0.5, 0.6) is 0 Å². The van der Waals surface area contributed by atoms with E-state index in [1.165, 1.54) is 0 Å². The molecule has 2 saturated heterocycles. The molecule has 3 heterocycles. The molecule has 1 aromatic heterocycles. The molecule has 4 rings (SSSR count). The van der Waals surface area contributed by atoms with Crippen LogP contribution in [-0.2, 0) is 9.84 Å². The van der Waals surface area contributed by atoms with Crippen LogP contribution >= 0.6 is 11.5 Å². The zero-order valence-corrected chi connectivity index (χ0v) is 15.5. The SMILES string of the molecule is Cc1nnsc1C(=O)N1C2CCC1CC(S(=O)(=O)c1ccccc1)C2. The molecule has 2 atom stereocenters. The molecule has 25 heavy (non-hydrogen) atoms. The Balaban J connectivity index is 1.58. The Bertz CT molecular complexity index is 881. The summed E-state index contributed by atoms with van der Waals surface area (Å²) in [4.78, 5) is 15.7. The predicted molar refractivity (Wildman–Crippen MR) is 94.3 cm³/mol. The Morgan fingerprint density at radius 3 is 2.36 bits per heavy atom. The number of hydrogen-bond acceptors (Lipinski definition) is 6. The average molecular weight is 377 g/mol. The summed E-state index contributed by atoms with van der Waals surface area (Å²) in [6.45, 7) is 1.78. The molecule has 2 fully saturated rings. The summed E-state index contributed by atoms with van der Waals surface area (Å²) in [7, 11) is -3.36. The average Bonchev–Trinajstić information content (AvgIpc) is 3.15. The maximum Gasteiger partial charge on any atom is 0.268 e. The van der Waals surface area contributed by atoms with Crippen LogP contribution in [0.1, 0.15) is 41.0 Å². The summed E-state index contributed by atoms with van der Waals surface area (Å²) >= 11 is 1.12. The van der Waals surface area contributed by atoms with E-state index < -0.39 is 15.1 Å². The quantitative estimate of drug-likeness (QED) is 0.821. The molecule has 0 saturated carbocycles. The second-order valence-corrected chi connectivity index (χ2v) is 9.72. The van der Waals surface area contributed by atoms with Crippen molar-refractivity contribution in [1.29, 1.82) is 0 Å². The molecular formula is C17H19N3O3S2. The molecule has 2 bridgehead atoms. The van der Waals surface area contributed by atoms with Gasteiger partial charge in [-0.05, 0) is 56.3 Å². The number of carbonyl (C=O) groups excluding carboxylic acids is 1. The van der Waals surface area contributed by atoms with E-state index in [9.17, 15) is 13.2 Å². The van der Waals surface area contributed by atoms with Gasteiger partial charge in [0, 0.05) is 12.1 Å². The summed E-state index contributed by atoms with van der Waals surface area (Å²) in [6.07, 6.45) is 2.74. The van der Waals surface area contributed by atoms with Crippen LogP contribution in [0, 0.1) is 6.92 Å². The highest BCUT2D eigenvalue weighted by Gasteiger charge is 2.47. The lowest BCUT2D eigenvalue weighted by Gasteiger charge is -2.38. The van der Waals surface area contributed by atoms with Gasteiger partial charge < -0.3 is 4.90 Å². The third-order valence-electron chi connectivity index (χ3n) is 5.28. The first-order valence-corrected chi connectivity index (χ1v) is 10.7. The van der Waals surface area contributed by atoms with Gasteiger partial charge in [0.1, 0.15) is 4.88 Å². The van der Waals surface area contributed by atoms with Crippen molar-refractivity contribution in [3.63, 3.8) is 0 Å². The number of benzene rings is 1. The Hall–Kier alpha value is -1.80. The Morgan fingerprint density at radius 2 is 1.80 bits per heavy atom. The van der Waals surface area contributed by atoms with E-state index in [1.807, 2.05) is 11.0 Å². The first kappa shape index (κ1) is 16.7. The molecule has 0 aliphatic carbocycles. The van der Waals surface area contributed by atoms with Crippen molar-refractivity contribution < 1.29 is 13.2 Å². The highest BCUT2D eigenvalue weighted by Crippen LogP contribution is 2.40. The number of aromatic nitrogens is 2. The van der Waals surface area contributed by atoms with Crippen LogP contribution in [0.25, 0.3) is 0 Å². The van der Waals surface area contributed by atoms with Crippen LogP contribution < -0.4 is 0 Å². The number of amides is 1. The molecule has 2 aliphatic rings. The number of nitrogens with zero attached hydrogens (tertiary/aromatic N) is 3. The number of carbonyl (C=O) groups is 1. The van der Waals surface area contributed by atoms with Gasteiger partial charge >= 0.3 is 0 Å². The maximum atomic E-state index is 12.9. The van der Waals surface area contributed by atoms with Gasteiger partial charge in [0.15, 0.2) is 9.84 Å². The zero-order chi connectivity index (χ0) is 17.6. The molecule has 132 valence electrons. The molecule has 1 amide bonds. The molecular weight excluding hydrogens is 358 g/mol. The van der Waals surface area contributed by atoms with Crippen molar-refractivity contribution in [2.75, 3.05) is 0 Å². The predicted octanol–water partition coefficient (Wildman–Crippen LogP) is 2.46. The Labute approximate surface area is 150 Å². The topological polar surface area (TPSA) is 80.2 Å². The molecule has 0 spiro atoms. The molecule has 2 aromatic rings. The molecule has 6 nitrogen and oxygen atoms in total. The van der Waals surface area contributed by atoms with Crippen molar-refractivity contribution >= 4 is 27.3 Å². The summed E-state index contributed by atoms with van der Waals surface area (Å²) in [5.74, 6) is -0.0458. The molecule has 1 aromatic carbocycles. The minimum Gasteiger partial charge on any atom is -0.332 e. The number of fused-ring (bicyclic) bond motifs is 2. The highest BCUT2D eigenvalue weighted by atomic mass is 32.2. The van der Waals surface area contributed by atoms with Gasteiger partial charge in [-0.25, -0.2) is 8.42 Å². The highest BCUT2D eigenvalue weighted by molar-refractivity contribution is 7.92. The van der Waals surface area contributed by atoms with E-state index in [4.69, 9.17) is 0 Å². The van der Waals surface area contributed by atoms with E-state index in [-0.39, 0.29) is 18.0 Å². The van der Waals surface area contributed by atoms with E-state index in [0.29, 0.717) is 28.3 Å². The first-order chi connectivity index (χ1) is 12.0. The number of piperidine rings is 1. The lowest BCUT2D eigenvalue weighted by Crippen LogP contribution is -2.49. The summed E-state index contributed by atoms with van der Waals surface area (Å²) in [5.41, 5.74) is 0.647. The number of sulfone groups is 1. The Kier molecular flexibility index (Phi) is 4.11. The third kappa shape index (κ3) is 2.77.